The van der Waals surface area contributed by atoms with E-state index in [1.54, 1.807) is 24.0 Å². The van der Waals surface area contributed by atoms with Crippen molar-refractivity contribution in [3.05, 3.63) is 89.7 Å². The van der Waals surface area contributed by atoms with Crippen LogP contribution in [0.3, 0.4) is 0 Å². The first-order valence-electron chi connectivity index (χ1n) is 10.2. The van der Waals surface area contributed by atoms with Gasteiger partial charge in [0.05, 0.1) is 0 Å². The Balaban J connectivity index is 0.00000272. The molecule has 0 saturated heterocycles. The van der Waals surface area contributed by atoms with Crippen LogP contribution in [0.2, 0.25) is 0 Å². The summed E-state index contributed by atoms with van der Waals surface area (Å²) in [5.74, 6) is -0.723. The first-order valence-corrected chi connectivity index (χ1v) is 11.6. The van der Waals surface area contributed by atoms with Gasteiger partial charge in [0.15, 0.2) is 0 Å². The fourth-order valence-electron chi connectivity index (χ4n) is 3.37. The average molecular weight is 459 g/mol. The van der Waals surface area contributed by atoms with Crippen molar-refractivity contribution in [2.45, 2.75) is 25.3 Å². The van der Waals surface area contributed by atoms with Crippen LogP contribution in [-0.2, 0) is 17.6 Å². The number of carboxylic acids is 1. The summed E-state index contributed by atoms with van der Waals surface area (Å²) < 4.78 is 0. The number of carboxylic acid groups (broad SMARTS) is 1. The molecule has 1 aromatic heterocycles. The monoisotopic (exact) mass is 458 g/mol. The van der Waals surface area contributed by atoms with Gasteiger partial charge in [-0.3, -0.25) is 9.78 Å². The number of aliphatic carboxylic acids is 1. The SMILES string of the molecule is CSCCC(NC(=O)c1ccc(CCc2cccnc2)cc1-c1ccccc1)C(=O)O.[H-].[Na+]. The van der Waals surface area contributed by atoms with Gasteiger partial charge in [-0.15, -0.1) is 0 Å². The molecule has 1 amide bonds. The molecule has 1 unspecified atom stereocenters. The minimum absolute atomic E-state index is 0. The molecule has 5 nitrogen and oxygen atoms in total. The number of carbonyl (C=O) groups is 2. The number of benzene rings is 2. The van der Waals surface area contributed by atoms with Crippen LogP contribution in [0.4, 0.5) is 0 Å². The second-order valence-corrected chi connectivity index (χ2v) is 8.24. The Bertz CT molecular complexity index is 1020. The normalized spacial score (nSPS) is 11.3. The van der Waals surface area contributed by atoms with E-state index in [9.17, 15) is 14.7 Å². The molecule has 7 heteroatoms. The summed E-state index contributed by atoms with van der Waals surface area (Å²) in [4.78, 5) is 28.7. The molecular weight excluding hydrogens is 431 g/mol. The second-order valence-electron chi connectivity index (χ2n) is 7.25. The third kappa shape index (κ3) is 7.48. The van der Waals surface area contributed by atoms with Crippen LogP contribution in [0.25, 0.3) is 11.1 Å². The Morgan fingerprint density at radius 1 is 1.06 bits per heavy atom. The molecule has 1 heterocycles. The standard InChI is InChI=1S/C25H26N2O3S.Na.H/c1-31-15-13-23(25(29)30)27-24(28)21-12-11-18(9-10-19-6-5-14-26-17-19)16-22(21)20-7-3-2-4-8-20;;/h2-8,11-12,14,16-17,23H,9-10,13,15H2,1H3,(H,27,28)(H,29,30);;/q;+1;-1. The zero-order valence-electron chi connectivity index (χ0n) is 19.5. The molecule has 0 bridgehead atoms. The number of nitrogens with zero attached hydrogens (tertiary/aromatic N) is 1. The molecule has 0 aliphatic heterocycles. The van der Waals surface area contributed by atoms with E-state index in [1.807, 2.05) is 67.0 Å². The van der Waals surface area contributed by atoms with Crippen LogP contribution in [0.5, 0.6) is 0 Å². The van der Waals surface area contributed by atoms with Crippen LogP contribution in [0.1, 0.15) is 29.3 Å². The van der Waals surface area contributed by atoms with E-state index in [2.05, 4.69) is 10.3 Å². The Labute approximate surface area is 216 Å². The zero-order valence-corrected chi connectivity index (χ0v) is 21.3. The number of hydrogen-bond donors (Lipinski definition) is 2. The van der Waals surface area contributed by atoms with Crippen LogP contribution in [-0.4, -0.2) is 40.0 Å². The predicted octanol–water partition coefficient (Wildman–Crippen LogP) is 1.59. The van der Waals surface area contributed by atoms with Crippen molar-refractivity contribution in [1.29, 1.82) is 0 Å². The molecular formula is C25H27N2NaO3S. The minimum Gasteiger partial charge on any atom is -1.00 e. The average Bonchev–Trinajstić information content (AvgIpc) is 2.81. The minimum atomic E-state index is -1.02. The van der Waals surface area contributed by atoms with Gasteiger partial charge in [-0.2, -0.15) is 11.8 Å². The Hall–Kier alpha value is -2.12. The van der Waals surface area contributed by atoms with Crippen molar-refractivity contribution in [1.82, 2.24) is 10.3 Å². The summed E-state index contributed by atoms with van der Waals surface area (Å²) in [5, 5.41) is 12.2. The molecule has 0 aliphatic rings. The molecule has 3 aromatic rings. The molecule has 1 atom stereocenters. The number of hydrogen-bond acceptors (Lipinski definition) is 4. The van der Waals surface area contributed by atoms with Gasteiger partial charge in [-0.1, -0.05) is 48.5 Å². The first-order chi connectivity index (χ1) is 15.1. The van der Waals surface area contributed by atoms with E-state index < -0.39 is 12.0 Å². The summed E-state index contributed by atoms with van der Waals surface area (Å²) in [5.41, 5.74) is 4.47. The second kappa shape index (κ2) is 13.4. The van der Waals surface area contributed by atoms with Gasteiger partial charge in [0.2, 0.25) is 0 Å². The van der Waals surface area contributed by atoms with Gasteiger partial charge >= 0.3 is 35.5 Å². The maximum atomic E-state index is 13.0. The van der Waals surface area contributed by atoms with Crippen molar-refractivity contribution < 1.29 is 45.7 Å². The number of amides is 1. The number of rotatable bonds is 10. The Morgan fingerprint density at radius 2 is 1.81 bits per heavy atom. The van der Waals surface area contributed by atoms with Crippen LogP contribution in [0.15, 0.2) is 73.1 Å². The van der Waals surface area contributed by atoms with E-state index >= 15 is 0 Å². The van der Waals surface area contributed by atoms with Gasteiger partial charge in [-0.25, -0.2) is 4.79 Å². The van der Waals surface area contributed by atoms with Crippen molar-refractivity contribution in [3.8, 4) is 11.1 Å². The predicted molar refractivity (Wildman–Crippen MR) is 127 cm³/mol. The molecule has 0 spiro atoms. The van der Waals surface area contributed by atoms with E-state index in [0.717, 1.165) is 35.1 Å². The quantitative estimate of drug-likeness (QED) is 0.451. The largest absolute Gasteiger partial charge is 1.00 e. The number of aromatic nitrogens is 1. The van der Waals surface area contributed by atoms with Gasteiger partial charge in [0.25, 0.3) is 5.91 Å². The summed E-state index contributed by atoms with van der Waals surface area (Å²) in [6.07, 6.45) is 7.58. The van der Waals surface area contributed by atoms with Crippen LogP contribution in [0, 0.1) is 0 Å². The van der Waals surface area contributed by atoms with Gasteiger partial charge < -0.3 is 11.8 Å². The van der Waals surface area contributed by atoms with Crippen LogP contribution >= 0.6 is 11.8 Å². The van der Waals surface area contributed by atoms with Gasteiger partial charge in [0, 0.05) is 18.0 Å². The molecule has 0 saturated carbocycles. The molecule has 0 fully saturated rings. The number of aryl methyl sites for hydroxylation is 2. The van der Waals surface area contributed by atoms with Crippen LogP contribution < -0.4 is 34.9 Å². The zero-order chi connectivity index (χ0) is 22.1. The number of nitrogens with one attached hydrogen (secondary N) is 1. The number of pyridine rings is 1. The fourth-order valence-corrected chi connectivity index (χ4v) is 3.84. The smallest absolute Gasteiger partial charge is 1.00 e. The van der Waals surface area contributed by atoms with E-state index in [0.29, 0.717) is 17.7 Å². The molecule has 0 aliphatic carbocycles. The topological polar surface area (TPSA) is 79.3 Å². The Morgan fingerprint density at radius 3 is 2.47 bits per heavy atom. The van der Waals surface area contributed by atoms with Gasteiger partial charge in [-0.05, 0) is 65.7 Å². The summed E-state index contributed by atoms with van der Waals surface area (Å²) >= 11 is 1.56. The number of carbonyl (C=O) groups excluding carboxylic acids is 1. The van der Waals surface area contributed by atoms with Crippen molar-refractivity contribution in [3.63, 3.8) is 0 Å². The maximum Gasteiger partial charge on any atom is 1.00 e. The molecule has 162 valence electrons. The number of thioether (sulfide) groups is 1. The van der Waals surface area contributed by atoms with E-state index in [-0.39, 0.29) is 36.9 Å². The summed E-state index contributed by atoms with van der Waals surface area (Å²) in [6, 6.07) is 18.5. The van der Waals surface area contributed by atoms with E-state index in [1.165, 1.54) is 0 Å². The van der Waals surface area contributed by atoms with Crippen molar-refractivity contribution in [2.24, 2.45) is 0 Å². The molecule has 2 aromatic carbocycles. The summed E-state index contributed by atoms with van der Waals surface area (Å²) in [7, 11) is 0. The molecule has 32 heavy (non-hydrogen) atoms. The molecule has 0 radical (unpaired) electrons. The first kappa shape index (κ1) is 26.1. The van der Waals surface area contributed by atoms with Crippen molar-refractivity contribution >= 4 is 23.6 Å². The Kier molecular flexibility index (Phi) is 11.0. The maximum absolute atomic E-state index is 13.0. The summed E-state index contributed by atoms with van der Waals surface area (Å²) in [6.45, 7) is 0. The fraction of sp³-hybridized carbons (Fsp3) is 0.240. The molecule has 3 rings (SSSR count). The third-order valence-corrected chi connectivity index (χ3v) is 5.70. The van der Waals surface area contributed by atoms with Crippen molar-refractivity contribution in [2.75, 3.05) is 12.0 Å². The third-order valence-electron chi connectivity index (χ3n) is 5.05. The van der Waals surface area contributed by atoms with Gasteiger partial charge in [0.1, 0.15) is 6.04 Å². The van der Waals surface area contributed by atoms with E-state index in [4.69, 9.17) is 0 Å². The molecule has 2 N–H and O–H groups in total.